The van der Waals surface area contributed by atoms with Gasteiger partial charge in [-0.3, -0.25) is 0 Å². The molecule has 8 aliphatic carbocycles. The molecule has 0 saturated carbocycles. The van der Waals surface area contributed by atoms with Crippen molar-refractivity contribution in [2.75, 3.05) is 118 Å². The first-order chi connectivity index (χ1) is 34.6. The minimum Gasteiger partial charge on any atom is -0.303 e. The molecule has 0 saturated heterocycles. The molecule has 0 atom stereocenters. The highest BCUT2D eigenvalue weighted by atomic mass is 15.2. The Kier molecular flexibility index (Phi) is 22.1. The molecule has 0 fully saturated rings. The molecule has 8 aliphatic rings. The van der Waals surface area contributed by atoms with E-state index in [2.05, 4.69) is 224 Å². The molecule has 0 aromatic carbocycles. The highest BCUT2D eigenvalue weighted by Gasteiger charge is 2.21. The lowest BCUT2D eigenvalue weighted by Crippen LogP contribution is -2.38. The molecule has 0 amide bonds. The van der Waals surface area contributed by atoms with Gasteiger partial charge in [-0.1, -0.05) is 194 Å². The SMILES string of the molecule is C1=CC(CN(CCCN(CCCCN(CCCN(CC2C=CC=C2)CC2C=CC=C2)CCCN(CC2C=CC=C2)CC2C=CC=C2)CCCN(CC2C=CC=C2)CC2C=CC=C2)CC2C=CC=C2)C=C1. The van der Waals surface area contributed by atoms with Crippen molar-refractivity contribution in [1.82, 2.24) is 29.4 Å². The van der Waals surface area contributed by atoms with Crippen molar-refractivity contribution in [2.24, 2.45) is 47.3 Å². The van der Waals surface area contributed by atoms with E-state index in [1.54, 1.807) is 0 Å². The first-order valence-corrected chi connectivity index (χ1v) is 27.8. The summed E-state index contributed by atoms with van der Waals surface area (Å²) in [6.07, 6.45) is 81.1. The van der Waals surface area contributed by atoms with Crippen molar-refractivity contribution in [2.45, 2.75) is 38.5 Å². The van der Waals surface area contributed by atoms with E-state index in [1.807, 2.05) is 0 Å². The molecule has 6 nitrogen and oxygen atoms in total. The van der Waals surface area contributed by atoms with E-state index in [-0.39, 0.29) is 0 Å². The fourth-order valence-corrected chi connectivity index (χ4v) is 11.6. The van der Waals surface area contributed by atoms with Crippen LogP contribution in [0.1, 0.15) is 38.5 Å². The van der Waals surface area contributed by atoms with E-state index in [0.717, 1.165) is 78.5 Å². The van der Waals surface area contributed by atoms with Gasteiger partial charge in [-0.25, -0.2) is 0 Å². The smallest absolute Gasteiger partial charge is 0.00804 e. The van der Waals surface area contributed by atoms with Gasteiger partial charge in [0.1, 0.15) is 0 Å². The number of rotatable bonds is 37. The maximum Gasteiger partial charge on any atom is 0.00804 e. The second kappa shape index (κ2) is 29.8. The molecule has 0 aromatic rings. The van der Waals surface area contributed by atoms with E-state index in [0.29, 0.717) is 47.3 Å². The van der Waals surface area contributed by atoms with Gasteiger partial charge in [-0.2, -0.15) is 0 Å². The van der Waals surface area contributed by atoms with E-state index in [9.17, 15) is 0 Å². The molecule has 70 heavy (non-hydrogen) atoms. The van der Waals surface area contributed by atoms with Crippen molar-refractivity contribution >= 4 is 0 Å². The molecule has 0 radical (unpaired) electrons. The normalized spacial score (nSPS) is 19.9. The summed E-state index contributed by atoms with van der Waals surface area (Å²) in [5, 5.41) is 0. The van der Waals surface area contributed by atoms with Gasteiger partial charge in [-0.05, 0) is 104 Å². The van der Waals surface area contributed by atoms with Gasteiger partial charge in [0.05, 0.1) is 0 Å². The molecule has 8 rings (SSSR count). The second-order valence-corrected chi connectivity index (χ2v) is 21.3. The van der Waals surface area contributed by atoms with Crippen LogP contribution >= 0.6 is 0 Å². The zero-order valence-electron chi connectivity index (χ0n) is 42.7. The van der Waals surface area contributed by atoms with Crippen molar-refractivity contribution in [3.8, 4) is 0 Å². The Balaban J connectivity index is 0.874. The summed E-state index contributed by atoms with van der Waals surface area (Å²) in [4.78, 5) is 16.7. The van der Waals surface area contributed by atoms with Crippen LogP contribution < -0.4 is 0 Å². The van der Waals surface area contributed by atoms with Crippen LogP contribution in [-0.4, -0.2) is 147 Å². The maximum atomic E-state index is 2.85. The Morgan fingerprint density at radius 3 is 0.443 bits per heavy atom. The van der Waals surface area contributed by atoms with E-state index in [1.165, 1.54) is 77.8 Å². The van der Waals surface area contributed by atoms with Crippen LogP contribution in [0.25, 0.3) is 0 Å². The highest BCUT2D eigenvalue weighted by molar-refractivity contribution is 5.23. The summed E-state index contributed by atoms with van der Waals surface area (Å²) in [6.45, 7) is 20.6. The molecule has 0 bridgehead atoms. The Morgan fingerprint density at radius 1 is 0.157 bits per heavy atom. The molecule has 374 valence electrons. The minimum atomic E-state index is 0.533. The Labute approximate surface area is 425 Å². The van der Waals surface area contributed by atoms with Gasteiger partial charge in [-0.15, -0.1) is 0 Å². The number of allylic oxidation sites excluding steroid dienone is 16. The minimum absolute atomic E-state index is 0.533. The summed E-state index contributed by atoms with van der Waals surface area (Å²) >= 11 is 0. The average molecular weight is 941 g/mol. The molecular formula is C64H88N6. The van der Waals surface area contributed by atoms with Crippen molar-refractivity contribution < 1.29 is 0 Å². The van der Waals surface area contributed by atoms with E-state index >= 15 is 0 Å². The predicted octanol–water partition coefficient (Wildman–Crippen LogP) is 11.1. The van der Waals surface area contributed by atoms with E-state index < -0.39 is 0 Å². The topological polar surface area (TPSA) is 19.4 Å². The van der Waals surface area contributed by atoms with Gasteiger partial charge in [0, 0.05) is 99.7 Å². The fraction of sp³-hybridized carbons (Fsp3) is 0.500. The van der Waals surface area contributed by atoms with Crippen LogP contribution in [0.4, 0.5) is 0 Å². The van der Waals surface area contributed by atoms with Crippen LogP contribution in [0.2, 0.25) is 0 Å². The molecule has 0 aliphatic heterocycles. The van der Waals surface area contributed by atoms with Crippen LogP contribution in [0, 0.1) is 47.3 Å². The third-order valence-electron chi connectivity index (χ3n) is 15.4. The van der Waals surface area contributed by atoms with Crippen LogP contribution in [0.15, 0.2) is 194 Å². The monoisotopic (exact) mass is 941 g/mol. The molecule has 0 N–H and O–H groups in total. The number of hydrogen-bond acceptors (Lipinski definition) is 6. The molecule has 0 heterocycles. The summed E-state index contributed by atoms with van der Waals surface area (Å²) < 4.78 is 0. The van der Waals surface area contributed by atoms with Crippen LogP contribution in [0.5, 0.6) is 0 Å². The molecule has 0 aromatic heterocycles. The summed E-state index contributed by atoms with van der Waals surface area (Å²) in [6, 6.07) is 0. The Bertz CT molecular complexity index is 1560. The van der Waals surface area contributed by atoms with Crippen LogP contribution in [-0.2, 0) is 0 Å². The second-order valence-electron chi connectivity index (χ2n) is 21.3. The predicted molar refractivity (Wildman–Crippen MR) is 301 cm³/mol. The quantitative estimate of drug-likeness (QED) is 0.0574. The van der Waals surface area contributed by atoms with Crippen LogP contribution in [0.3, 0.4) is 0 Å². The Morgan fingerprint density at radius 2 is 0.286 bits per heavy atom. The molecular weight excluding hydrogens is 853 g/mol. The summed E-state index contributed by atoms with van der Waals surface area (Å²) in [5.41, 5.74) is 0. The maximum absolute atomic E-state index is 2.85. The number of unbranched alkanes of at least 4 members (excludes halogenated alkanes) is 1. The molecule has 0 unspecified atom stereocenters. The standard InChI is InChI=1S/C64H88N6/c1-2-24-57(23-1)49-67(50-58-25-3-4-26-58)45-19-41-65(42-20-46-68(51-59-27-5-6-28-59)52-60-29-7-8-30-60)39-17-18-40-66(43-21-47-69(53-61-31-9-10-32-61)54-62-33-11-12-34-62)44-22-48-70(55-63-35-13-14-36-63)56-64-37-15-16-38-64/h1-16,23-38,57-64H,17-22,39-56H2. The lowest BCUT2D eigenvalue weighted by molar-refractivity contribution is 0.184. The van der Waals surface area contributed by atoms with Gasteiger partial charge in [0.2, 0.25) is 0 Å². The van der Waals surface area contributed by atoms with E-state index in [4.69, 9.17) is 0 Å². The third kappa shape index (κ3) is 19.0. The molecule has 0 spiro atoms. The summed E-state index contributed by atoms with van der Waals surface area (Å²) in [7, 11) is 0. The Hall–Kier alpha value is -4.40. The first kappa shape index (κ1) is 51.9. The lowest BCUT2D eigenvalue weighted by atomic mass is 10.1. The van der Waals surface area contributed by atoms with Crippen molar-refractivity contribution in [1.29, 1.82) is 0 Å². The number of nitrogens with zero attached hydrogens (tertiary/aromatic N) is 6. The molecule has 6 heteroatoms. The fourth-order valence-electron chi connectivity index (χ4n) is 11.6. The first-order valence-electron chi connectivity index (χ1n) is 27.8. The zero-order chi connectivity index (χ0) is 47.7. The average Bonchev–Trinajstić information content (AvgIpc) is 4.20. The van der Waals surface area contributed by atoms with Gasteiger partial charge in [0.25, 0.3) is 0 Å². The summed E-state index contributed by atoms with van der Waals surface area (Å²) in [5.74, 6) is 4.27. The van der Waals surface area contributed by atoms with Gasteiger partial charge >= 0.3 is 0 Å². The third-order valence-corrected chi connectivity index (χ3v) is 15.4. The largest absolute Gasteiger partial charge is 0.303 e. The highest BCUT2D eigenvalue weighted by Crippen LogP contribution is 2.21. The van der Waals surface area contributed by atoms with Gasteiger partial charge < -0.3 is 29.4 Å². The number of hydrogen-bond donors (Lipinski definition) is 0. The van der Waals surface area contributed by atoms with Crippen molar-refractivity contribution in [3.63, 3.8) is 0 Å². The van der Waals surface area contributed by atoms with Crippen molar-refractivity contribution in [3.05, 3.63) is 194 Å². The lowest BCUT2D eigenvalue weighted by Gasteiger charge is -2.31. The van der Waals surface area contributed by atoms with Gasteiger partial charge in [0.15, 0.2) is 0 Å². The zero-order valence-corrected chi connectivity index (χ0v) is 42.7.